The van der Waals surface area contributed by atoms with E-state index in [1.54, 1.807) is 26.8 Å². The van der Waals surface area contributed by atoms with E-state index >= 15 is 4.39 Å². The van der Waals surface area contributed by atoms with Crippen LogP contribution in [0, 0.1) is 12.7 Å². The van der Waals surface area contributed by atoms with E-state index < -0.39 is 24.1 Å². The molecule has 3 aromatic heterocycles. The number of carbonyl (C=O) groups excluding carboxylic acids is 1. The van der Waals surface area contributed by atoms with Crippen molar-refractivity contribution in [2.45, 2.75) is 46.3 Å². The highest BCUT2D eigenvalue weighted by Gasteiger charge is 2.22. The summed E-state index contributed by atoms with van der Waals surface area (Å²) in [6, 6.07) is 8.71. The van der Waals surface area contributed by atoms with Gasteiger partial charge in [-0.1, -0.05) is 18.5 Å². The molecule has 8 nitrogen and oxygen atoms in total. The summed E-state index contributed by atoms with van der Waals surface area (Å²) in [5, 5.41) is 4.73. The summed E-state index contributed by atoms with van der Waals surface area (Å²) in [5.41, 5.74) is 3.57. The Balaban J connectivity index is 1.34. The van der Waals surface area contributed by atoms with E-state index in [4.69, 9.17) is 21.1 Å². The summed E-state index contributed by atoms with van der Waals surface area (Å²) in [7, 11) is 0. The number of fused-ring (bicyclic) bond motifs is 2. The van der Waals surface area contributed by atoms with Gasteiger partial charge in [0.25, 0.3) is 0 Å². The molecule has 0 unspecified atom stereocenters. The number of ether oxygens (including phenoxy) is 2. The third-order valence-corrected chi connectivity index (χ3v) is 7.45. The fraction of sp³-hybridized carbons (Fsp3) is 0.250. The molecule has 11 heteroatoms. The molecule has 2 atom stereocenters. The number of pyridine rings is 1. The number of hydrogen-bond donors (Lipinski definition) is 1. The topological polar surface area (TPSA) is 99.1 Å². The van der Waals surface area contributed by atoms with E-state index in [1.807, 2.05) is 18.3 Å². The molecule has 0 aliphatic carbocycles. The van der Waals surface area contributed by atoms with E-state index in [1.165, 1.54) is 29.8 Å². The van der Waals surface area contributed by atoms with Gasteiger partial charge >= 0.3 is 6.09 Å². The Morgan fingerprint density at radius 3 is 2.59 bits per heavy atom. The highest BCUT2D eigenvalue weighted by molar-refractivity contribution is 7.21. The van der Waals surface area contributed by atoms with Crippen molar-refractivity contribution in [3.05, 3.63) is 71.2 Å². The van der Waals surface area contributed by atoms with Crippen molar-refractivity contribution in [1.82, 2.24) is 19.9 Å². The van der Waals surface area contributed by atoms with Crippen LogP contribution in [0.3, 0.4) is 0 Å². The number of nitrogens with one attached hydrogen (secondary N) is 1. The van der Waals surface area contributed by atoms with E-state index in [9.17, 15) is 4.79 Å². The summed E-state index contributed by atoms with van der Waals surface area (Å²) in [6.07, 6.45) is 3.65. The number of rotatable bonds is 7. The van der Waals surface area contributed by atoms with Crippen molar-refractivity contribution in [3.63, 3.8) is 0 Å². The van der Waals surface area contributed by atoms with Crippen molar-refractivity contribution >= 4 is 55.8 Å². The van der Waals surface area contributed by atoms with Crippen LogP contribution in [0.1, 0.15) is 32.2 Å². The summed E-state index contributed by atoms with van der Waals surface area (Å²) in [6.45, 7) is 7.17. The first-order chi connectivity index (χ1) is 18.7. The van der Waals surface area contributed by atoms with Gasteiger partial charge in [0, 0.05) is 34.3 Å². The minimum Gasteiger partial charge on any atom is -0.484 e. The van der Waals surface area contributed by atoms with E-state index in [0.29, 0.717) is 27.1 Å². The SMILES string of the molecule is CCc1cnc2c(-c3nc4cc(F)c(O[C@@H](C)[C@@H](C)OC(=O)Nc5cnc(C)nc5)cc4s3)cc(Cl)cc2c1. The Morgan fingerprint density at radius 2 is 1.85 bits per heavy atom. The molecule has 5 rings (SSSR count). The molecule has 1 N–H and O–H groups in total. The Labute approximate surface area is 233 Å². The maximum atomic E-state index is 15.0. The molecule has 0 saturated carbocycles. The maximum Gasteiger partial charge on any atom is 0.412 e. The maximum absolute atomic E-state index is 15.0. The lowest BCUT2D eigenvalue weighted by Crippen LogP contribution is -2.32. The number of carbonyl (C=O) groups is 1. The second-order valence-electron chi connectivity index (χ2n) is 9.07. The van der Waals surface area contributed by atoms with Crippen LogP contribution in [-0.4, -0.2) is 38.2 Å². The van der Waals surface area contributed by atoms with Crippen molar-refractivity contribution in [1.29, 1.82) is 0 Å². The fourth-order valence-corrected chi connectivity index (χ4v) is 5.14. The number of thiazole rings is 1. The summed E-state index contributed by atoms with van der Waals surface area (Å²) in [5.74, 6) is 0.0514. The molecule has 0 saturated heterocycles. The van der Waals surface area contributed by atoms with Crippen molar-refractivity contribution in [2.75, 3.05) is 5.32 Å². The molecule has 200 valence electrons. The van der Waals surface area contributed by atoms with E-state index in [2.05, 4.69) is 38.2 Å². The van der Waals surface area contributed by atoms with Crippen LogP contribution in [0.2, 0.25) is 5.02 Å². The normalized spacial score (nSPS) is 12.9. The van der Waals surface area contributed by atoms with E-state index in [-0.39, 0.29) is 5.75 Å². The Hall–Kier alpha value is -3.89. The summed E-state index contributed by atoms with van der Waals surface area (Å²) in [4.78, 5) is 29.6. The highest BCUT2D eigenvalue weighted by atomic mass is 35.5. The number of hydrogen-bond acceptors (Lipinski definition) is 8. The average molecular weight is 566 g/mol. The Bertz CT molecular complexity index is 1680. The number of halogens is 2. The van der Waals surface area contributed by atoms with Gasteiger partial charge in [-0.15, -0.1) is 11.3 Å². The van der Waals surface area contributed by atoms with Gasteiger partial charge in [0.15, 0.2) is 11.6 Å². The predicted octanol–water partition coefficient (Wildman–Crippen LogP) is 7.37. The number of aromatic nitrogens is 4. The molecule has 0 spiro atoms. The standard InChI is InChI=1S/C28H25ClFN5O3S/c1-5-17-6-18-7-19(29)8-21(26(18)33-11-17)27-35-23-9-22(30)24(10-25(23)39-27)37-14(2)15(3)38-28(36)34-20-12-31-16(4)32-13-20/h6-15H,5H2,1-4H3,(H,34,36)/t14-,15+/m0/s1. The number of benzene rings is 2. The molecule has 2 aromatic carbocycles. The number of nitrogens with zero attached hydrogens (tertiary/aromatic N) is 4. The molecule has 1 amide bonds. The van der Waals surface area contributed by atoms with Crippen LogP contribution in [0.4, 0.5) is 14.9 Å². The second-order valence-corrected chi connectivity index (χ2v) is 10.5. The van der Waals surface area contributed by atoms with Gasteiger partial charge in [-0.3, -0.25) is 10.3 Å². The third kappa shape index (κ3) is 5.91. The van der Waals surface area contributed by atoms with Crippen LogP contribution in [-0.2, 0) is 11.2 Å². The zero-order chi connectivity index (χ0) is 27.7. The van der Waals surface area contributed by atoms with E-state index in [0.717, 1.165) is 33.2 Å². The van der Waals surface area contributed by atoms with Gasteiger partial charge < -0.3 is 9.47 Å². The molecule has 0 radical (unpaired) electrons. The van der Waals surface area contributed by atoms with Gasteiger partial charge in [0.05, 0.1) is 33.8 Å². The molecular weight excluding hydrogens is 541 g/mol. The lowest BCUT2D eigenvalue weighted by Gasteiger charge is -2.22. The quantitative estimate of drug-likeness (QED) is 0.220. The molecule has 0 aliphatic rings. The predicted molar refractivity (Wildman–Crippen MR) is 151 cm³/mol. The number of anilines is 1. The zero-order valence-corrected chi connectivity index (χ0v) is 23.2. The van der Waals surface area contributed by atoms with Crippen molar-refractivity contribution < 1.29 is 18.7 Å². The first kappa shape index (κ1) is 26.7. The smallest absolute Gasteiger partial charge is 0.412 e. The Kier molecular flexibility index (Phi) is 7.58. The average Bonchev–Trinajstić information content (AvgIpc) is 3.31. The van der Waals surface area contributed by atoms with Crippen LogP contribution >= 0.6 is 22.9 Å². The van der Waals surface area contributed by atoms with Crippen molar-refractivity contribution in [3.8, 4) is 16.3 Å². The van der Waals surface area contributed by atoms with Gasteiger partial charge in [0.2, 0.25) is 0 Å². The molecule has 39 heavy (non-hydrogen) atoms. The first-order valence-electron chi connectivity index (χ1n) is 12.3. The lowest BCUT2D eigenvalue weighted by atomic mass is 10.1. The first-order valence-corrected chi connectivity index (χ1v) is 13.5. The van der Waals surface area contributed by atoms with Crippen LogP contribution < -0.4 is 10.1 Å². The minimum atomic E-state index is -0.693. The van der Waals surface area contributed by atoms with Crippen LogP contribution in [0.5, 0.6) is 5.75 Å². The third-order valence-electron chi connectivity index (χ3n) is 6.18. The second kappa shape index (κ2) is 11.1. The number of aryl methyl sites for hydroxylation is 2. The number of amides is 1. The fourth-order valence-electron chi connectivity index (χ4n) is 3.92. The largest absolute Gasteiger partial charge is 0.484 e. The van der Waals surface area contributed by atoms with Gasteiger partial charge in [0.1, 0.15) is 23.0 Å². The van der Waals surface area contributed by atoms with Crippen LogP contribution in [0.15, 0.2) is 48.9 Å². The highest BCUT2D eigenvalue weighted by Crippen LogP contribution is 2.38. The lowest BCUT2D eigenvalue weighted by molar-refractivity contribution is 0.0402. The monoisotopic (exact) mass is 565 g/mol. The molecule has 0 aliphatic heterocycles. The van der Waals surface area contributed by atoms with Crippen molar-refractivity contribution in [2.24, 2.45) is 0 Å². The molecule has 3 heterocycles. The molecular formula is C28H25ClFN5O3S. The minimum absolute atomic E-state index is 0.0367. The van der Waals surface area contributed by atoms with Crippen LogP contribution in [0.25, 0.3) is 31.7 Å². The molecule has 0 fully saturated rings. The Morgan fingerprint density at radius 1 is 1.08 bits per heavy atom. The molecule has 5 aromatic rings. The molecule has 0 bridgehead atoms. The van der Waals surface area contributed by atoms with Gasteiger partial charge in [-0.2, -0.15) is 0 Å². The zero-order valence-electron chi connectivity index (χ0n) is 21.7. The summed E-state index contributed by atoms with van der Waals surface area (Å²) < 4.78 is 27.0. The summed E-state index contributed by atoms with van der Waals surface area (Å²) >= 11 is 7.81. The van der Waals surface area contributed by atoms with Gasteiger partial charge in [-0.05, 0) is 51.0 Å². The van der Waals surface area contributed by atoms with Gasteiger partial charge in [-0.25, -0.2) is 24.1 Å².